The van der Waals surface area contributed by atoms with Crippen LogP contribution in [0.25, 0.3) is 0 Å². The van der Waals surface area contributed by atoms with E-state index in [9.17, 15) is 15.0 Å². The Morgan fingerprint density at radius 3 is 2.63 bits per heavy atom. The van der Waals surface area contributed by atoms with Crippen LogP contribution >= 0.6 is 15.9 Å². The SMILES string of the molecule is O=C(C[C@@H](O)c1cccc(Br)n1)c1ccccc1O. The van der Waals surface area contributed by atoms with Crippen molar-refractivity contribution in [2.24, 2.45) is 0 Å². The number of aromatic hydroxyl groups is 1. The number of hydrogen-bond donors (Lipinski definition) is 2. The lowest BCUT2D eigenvalue weighted by Gasteiger charge is -2.10. The van der Waals surface area contributed by atoms with E-state index in [1.165, 1.54) is 12.1 Å². The summed E-state index contributed by atoms with van der Waals surface area (Å²) in [6.07, 6.45) is -1.12. The molecule has 5 heteroatoms. The lowest BCUT2D eigenvalue weighted by Crippen LogP contribution is -2.08. The van der Waals surface area contributed by atoms with Gasteiger partial charge in [-0.2, -0.15) is 0 Å². The minimum atomic E-state index is -0.996. The minimum absolute atomic E-state index is 0.0816. The fourth-order valence-electron chi connectivity index (χ4n) is 1.71. The van der Waals surface area contributed by atoms with Gasteiger partial charge in [0.2, 0.25) is 0 Å². The summed E-state index contributed by atoms with van der Waals surface area (Å²) >= 11 is 3.21. The van der Waals surface area contributed by atoms with Crippen molar-refractivity contribution in [3.05, 3.63) is 58.3 Å². The van der Waals surface area contributed by atoms with Gasteiger partial charge in [0, 0.05) is 6.42 Å². The van der Waals surface area contributed by atoms with Crippen molar-refractivity contribution in [3.63, 3.8) is 0 Å². The average molecular weight is 322 g/mol. The molecule has 4 nitrogen and oxygen atoms in total. The van der Waals surface area contributed by atoms with Gasteiger partial charge in [-0.25, -0.2) is 4.98 Å². The molecule has 0 aliphatic carbocycles. The van der Waals surface area contributed by atoms with E-state index < -0.39 is 6.10 Å². The highest BCUT2D eigenvalue weighted by atomic mass is 79.9. The summed E-state index contributed by atoms with van der Waals surface area (Å²) in [6.45, 7) is 0. The molecule has 0 saturated heterocycles. The van der Waals surface area contributed by atoms with Crippen LogP contribution in [0.3, 0.4) is 0 Å². The standard InChI is InChI=1S/C14H12BrNO3/c15-14-7-3-5-10(16-14)13(19)8-12(18)9-4-1-2-6-11(9)17/h1-7,13,17,19H,8H2/t13-/m1/s1. The lowest BCUT2D eigenvalue weighted by molar-refractivity contribution is 0.0872. The Bertz CT molecular complexity index is 601. The number of rotatable bonds is 4. The van der Waals surface area contributed by atoms with E-state index in [-0.39, 0.29) is 23.5 Å². The van der Waals surface area contributed by atoms with Gasteiger partial charge in [-0.3, -0.25) is 4.79 Å². The van der Waals surface area contributed by atoms with Crippen LogP contribution < -0.4 is 0 Å². The Kier molecular flexibility index (Phi) is 4.29. The third kappa shape index (κ3) is 3.39. The number of hydrogen-bond acceptors (Lipinski definition) is 4. The van der Waals surface area contributed by atoms with Crippen molar-refractivity contribution in [2.45, 2.75) is 12.5 Å². The Morgan fingerprint density at radius 2 is 1.95 bits per heavy atom. The largest absolute Gasteiger partial charge is 0.507 e. The normalized spacial score (nSPS) is 12.1. The van der Waals surface area contributed by atoms with Crippen LogP contribution in [0.2, 0.25) is 0 Å². The number of benzene rings is 1. The van der Waals surface area contributed by atoms with Crippen LogP contribution in [0.15, 0.2) is 47.1 Å². The van der Waals surface area contributed by atoms with Crippen LogP contribution in [-0.2, 0) is 0 Å². The van der Waals surface area contributed by atoms with E-state index in [1.807, 2.05) is 0 Å². The fraction of sp³-hybridized carbons (Fsp3) is 0.143. The predicted molar refractivity (Wildman–Crippen MR) is 74.0 cm³/mol. The Morgan fingerprint density at radius 1 is 1.21 bits per heavy atom. The molecule has 0 unspecified atom stereocenters. The third-order valence-corrected chi connectivity index (χ3v) is 3.10. The summed E-state index contributed by atoms with van der Waals surface area (Å²) in [7, 11) is 0. The van der Waals surface area contributed by atoms with Crippen molar-refractivity contribution in [2.75, 3.05) is 0 Å². The molecule has 1 aromatic heterocycles. The molecule has 2 N–H and O–H groups in total. The average Bonchev–Trinajstić information content (AvgIpc) is 2.39. The zero-order valence-electron chi connectivity index (χ0n) is 9.95. The van der Waals surface area contributed by atoms with Crippen molar-refractivity contribution in [1.29, 1.82) is 0 Å². The topological polar surface area (TPSA) is 70.4 Å². The summed E-state index contributed by atoms with van der Waals surface area (Å²) in [5.41, 5.74) is 0.620. The first-order valence-electron chi connectivity index (χ1n) is 5.69. The molecule has 19 heavy (non-hydrogen) atoms. The number of phenols is 1. The van der Waals surface area contributed by atoms with Crippen LogP contribution in [0.1, 0.15) is 28.6 Å². The highest BCUT2D eigenvalue weighted by Gasteiger charge is 2.17. The van der Waals surface area contributed by atoms with E-state index in [0.29, 0.717) is 10.3 Å². The summed E-state index contributed by atoms with van der Waals surface area (Å²) < 4.78 is 0.596. The molecule has 0 saturated carbocycles. The molecule has 0 fully saturated rings. The zero-order valence-corrected chi connectivity index (χ0v) is 11.5. The van der Waals surface area contributed by atoms with Crippen molar-refractivity contribution in [3.8, 4) is 5.75 Å². The predicted octanol–water partition coefficient (Wildman–Crippen LogP) is 2.86. The summed E-state index contributed by atoms with van der Waals surface area (Å²) in [6, 6.07) is 11.4. The highest BCUT2D eigenvalue weighted by Crippen LogP contribution is 2.23. The second-order valence-corrected chi connectivity index (χ2v) is 4.86. The minimum Gasteiger partial charge on any atom is -0.507 e. The molecular formula is C14H12BrNO3. The molecule has 2 rings (SSSR count). The monoisotopic (exact) mass is 321 g/mol. The van der Waals surface area contributed by atoms with Gasteiger partial charge in [0.1, 0.15) is 16.5 Å². The van der Waals surface area contributed by atoms with Gasteiger partial charge in [0.05, 0.1) is 11.3 Å². The van der Waals surface area contributed by atoms with E-state index in [1.54, 1.807) is 30.3 Å². The zero-order chi connectivity index (χ0) is 13.8. The maximum Gasteiger partial charge on any atom is 0.169 e. The first-order chi connectivity index (χ1) is 9.08. The molecule has 0 amide bonds. The number of carbonyl (C=O) groups excluding carboxylic acids is 1. The van der Waals surface area contributed by atoms with E-state index in [2.05, 4.69) is 20.9 Å². The first-order valence-corrected chi connectivity index (χ1v) is 6.49. The molecule has 1 aromatic carbocycles. The molecule has 98 valence electrons. The van der Waals surface area contributed by atoms with Gasteiger partial charge in [-0.15, -0.1) is 0 Å². The molecule has 0 aliphatic heterocycles. The van der Waals surface area contributed by atoms with Gasteiger partial charge in [0.25, 0.3) is 0 Å². The number of aromatic nitrogens is 1. The number of aliphatic hydroxyl groups is 1. The Hall–Kier alpha value is -1.72. The first kappa shape index (κ1) is 13.7. The second-order valence-electron chi connectivity index (χ2n) is 4.05. The quantitative estimate of drug-likeness (QED) is 0.671. The van der Waals surface area contributed by atoms with Crippen molar-refractivity contribution >= 4 is 21.7 Å². The Balaban J connectivity index is 2.13. The van der Waals surface area contributed by atoms with Gasteiger partial charge >= 0.3 is 0 Å². The molecule has 0 spiro atoms. The molecule has 1 heterocycles. The van der Waals surface area contributed by atoms with Gasteiger partial charge in [0.15, 0.2) is 5.78 Å². The molecule has 2 aromatic rings. The number of halogens is 1. The Labute approximate surface area is 118 Å². The number of aliphatic hydroxyl groups excluding tert-OH is 1. The van der Waals surface area contributed by atoms with Gasteiger partial charge < -0.3 is 10.2 Å². The number of ketones is 1. The number of nitrogens with zero attached hydrogens (tertiary/aromatic N) is 1. The molecule has 0 bridgehead atoms. The summed E-state index contributed by atoms with van der Waals surface area (Å²) in [5, 5.41) is 19.6. The number of pyridine rings is 1. The maximum atomic E-state index is 12.0. The number of carbonyl (C=O) groups is 1. The smallest absolute Gasteiger partial charge is 0.169 e. The van der Waals surface area contributed by atoms with Crippen molar-refractivity contribution in [1.82, 2.24) is 4.98 Å². The van der Waals surface area contributed by atoms with Gasteiger partial charge in [-0.05, 0) is 40.2 Å². The molecule has 0 aliphatic rings. The van der Waals surface area contributed by atoms with E-state index >= 15 is 0 Å². The number of phenolic OH excluding ortho intramolecular Hbond substituents is 1. The molecule has 0 radical (unpaired) electrons. The second kappa shape index (κ2) is 5.95. The van der Waals surface area contributed by atoms with Crippen molar-refractivity contribution < 1.29 is 15.0 Å². The highest BCUT2D eigenvalue weighted by molar-refractivity contribution is 9.10. The summed E-state index contributed by atoms with van der Waals surface area (Å²) in [5.74, 6) is -0.408. The number of para-hydroxylation sites is 1. The van der Waals surface area contributed by atoms with Crippen LogP contribution in [0.4, 0.5) is 0 Å². The van der Waals surface area contributed by atoms with Crippen LogP contribution in [0, 0.1) is 0 Å². The van der Waals surface area contributed by atoms with E-state index in [0.717, 1.165) is 0 Å². The summed E-state index contributed by atoms with van der Waals surface area (Å²) in [4.78, 5) is 16.1. The number of Topliss-reactive ketones (excluding diaryl/α,β-unsaturated/α-hetero) is 1. The third-order valence-electron chi connectivity index (χ3n) is 2.66. The lowest BCUT2D eigenvalue weighted by atomic mass is 10.0. The maximum absolute atomic E-state index is 12.0. The van der Waals surface area contributed by atoms with Crippen LogP contribution in [0.5, 0.6) is 5.75 Å². The fourth-order valence-corrected chi connectivity index (χ4v) is 2.07. The van der Waals surface area contributed by atoms with Gasteiger partial charge in [-0.1, -0.05) is 18.2 Å². The van der Waals surface area contributed by atoms with Crippen LogP contribution in [-0.4, -0.2) is 21.0 Å². The molecular weight excluding hydrogens is 310 g/mol. The van der Waals surface area contributed by atoms with E-state index in [4.69, 9.17) is 0 Å². The molecule has 1 atom stereocenters.